The average molecular weight is 625 g/mol. The first-order chi connectivity index (χ1) is 20.9. The summed E-state index contributed by atoms with van der Waals surface area (Å²) in [4.78, 5) is 29.6. The fourth-order valence-electron chi connectivity index (χ4n) is 7.37. The number of nitrogens with two attached hydrogens (primary N) is 1. The number of esters is 2. The number of aromatic hydroxyl groups is 1. The molecule has 4 heterocycles. The van der Waals surface area contributed by atoms with Gasteiger partial charge in [0.1, 0.15) is 23.9 Å². The van der Waals surface area contributed by atoms with E-state index in [1.807, 2.05) is 32.0 Å². The lowest BCUT2D eigenvalue weighted by molar-refractivity contribution is -0.149. The van der Waals surface area contributed by atoms with Crippen LogP contribution in [0.4, 0.5) is 0 Å². The highest BCUT2D eigenvalue weighted by Gasteiger charge is 2.59. The summed E-state index contributed by atoms with van der Waals surface area (Å²) in [5.74, 6) is 0.608. The van der Waals surface area contributed by atoms with Crippen LogP contribution in [0.2, 0.25) is 0 Å². The van der Waals surface area contributed by atoms with Gasteiger partial charge in [0.25, 0.3) is 0 Å². The number of phenolic OH excluding ortho intramolecular Hbond substituents is 1. The minimum absolute atomic E-state index is 0.0217. The molecule has 1 saturated heterocycles. The number of carbonyl (C=O) groups excluding carboxylic acids is 2. The van der Waals surface area contributed by atoms with E-state index in [1.165, 1.54) is 25.8 Å². The molecule has 0 amide bonds. The molecule has 0 aliphatic carbocycles. The van der Waals surface area contributed by atoms with Gasteiger partial charge in [-0.05, 0) is 39.1 Å². The largest absolute Gasteiger partial charge is 0.504 e. The average Bonchev–Trinajstić information content (AvgIpc) is 3.46. The number of fused-ring (bicyclic) bond motifs is 6. The molecule has 2 bridgehead atoms. The van der Waals surface area contributed by atoms with Gasteiger partial charge in [0.2, 0.25) is 6.79 Å². The van der Waals surface area contributed by atoms with Crippen molar-refractivity contribution in [2.75, 3.05) is 46.9 Å². The number of hydrogen-bond acceptors (Lipinski definition) is 13. The van der Waals surface area contributed by atoms with E-state index < -0.39 is 40.9 Å². The van der Waals surface area contributed by atoms with Crippen molar-refractivity contribution in [2.45, 2.75) is 56.1 Å². The standard InChI is InChI=1S/C31H36N4O8S/c1-14-7-17-8-31(11-32,12-34(4)5)35-19-9-40-30(38)18(33)10-44-29(23(35)20(17)24(37)25(14)39-6)22-21(19)28-27(41-13-42-28)15(2)26(22)43-16(3)36/h7,18-19,23,29,37H,8-10,12-13,33H2,1-6H3/t18-,19-,23+,29+,31-/m0/s1. The zero-order valence-electron chi connectivity index (χ0n) is 25.6. The predicted molar refractivity (Wildman–Crippen MR) is 160 cm³/mol. The van der Waals surface area contributed by atoms with Crippen molar-refractivity contribution in [2.24, 2.45) is 5.73 Å². The number of benzene rings is 2. The number of carbonyl (C=O) groups is 2. The second-order valence-electron chi connectivity index (χ2n) is 12.0. The van der Waals surface area contributed by atoms with Crippen molar-refractivity contribution in [3.63, 3.8) is 0 Å². The van der Waals surface area contributed by atoms with Gasteiger partial charge in [0, 0.05) is 47.9 Å². The van der Waals surface area contributed by atoms with E-state index >= 15 is 0 Å². The van der Waals surface area contributed by atoms with Crippen molar-refractivity contribution >= 4 is 23.7 Å². The first kappa shape index (κ1) is 30.3. The molecular weight excluding hydrogens is 588 g/mol. The maximum Gasteiger partial charge on any atom is 0.323 e. The van der Waals surface area contributed by atoms with E-state index in [0.717, 1.165) is 11.1 Å². The quantitative estimate of drug-likeness (QED) is 0.378. The number of methoxy groups -OCH3 is 1. The van der Waals surface area contributed by atoms with Crippen LogP contribution in [0, 0.1) is 25.2 Å². The topological polar surface area (TPSA) is 157 Å². The first-order valence-corrected chi connectivity index (χ1v) is 15.4. The van der Waals surface area contributed by atoms with Gasteiger partial charge in [0.05, 0.1) is 30.5 Å². The summed E-state index contributed by atoms with van der Waals surface area (Å²) in [7, 11) is 5.31. The molecule has 13 heteroatoms. The summed E-state index contributed by atoms with van der Waals surface area (Å²) >= 11 is 1.38. The van der Waals surface area contributed by atoms with Gasteiger partial charge in [-0.15, -0.1) is 11.8 Å². The molecule has 2 aromatic carbocycles. The fourth-order valence-corrected chi connectivity index (χ4v) is 8.77. The molecule has 0 radical (unpaired) electrons. The summed E-state index contributed by atoms with van der Waals surface area (Å²) in [5.41, 5.74) is 9.18. The van der Waals surface area contributed by atoms with Crippen molar-refractivity contribution < 1.29 is 38.4 Å². The molecule has 44 heavy (non-hydrogen) atoms. The molecule has 1 fully saturated rings. The maximum absolute atomic E-state index is 13.0. The minimum atomic E-state index is -1.14. The summed E-state index contributed by atoms with van der Waals surface area (Å²) in [6.45, 7) is 5.12. The number of thioether (sulfide) groups is 1. The highest BCUT2D eigenvalue weighted by molar-refractivity contribution is 7.99. The Hall–Kier alpha value is -3.70. The number of phenols is 1. The zero-order valence-corrected chi connectivity index (χ0v) is 26.4. The summed E-state index contributed by atoms with van der Waals surface area (Å²) < 4.78 is 29.4. The highest BCUT2D eigenvalue weighted by atomic mass is 32.2. The third-order valence-electron chi connectivity index (χ3n) is 8.83. The lowest BCUT2D eigenvalue weighted by atomic mass is 9.71. The van der Waals surface area contributed by atoms with Gasteiger partial charge >= 0.3 is 11.9 Å². The number of ether oxygens (including phenoxy) is 5. The Labute approximate surface area is 259 Å². The lowest BCUT2D eigenvalue weighted by Crippen LogP contribution is -2.63. The molecule has 0 spiro atoms. The van der Waals surface area contributed by atoms with Crippen LogP contribution in [0.3, 0.4) is 0 Å². The zero-order chi connectivity index (χ0) is 31.7. The van der Waals surface area contributed by atoms with Crippen molar-refractivity contribution in [1.82, 2.24) is 9.80 Å². The molecule has 234 valence electrons. The molecule has 2 aromatic rings. The molecule has 4 aliphatic rings. The minimum Gasteiger partial charge on any atom is -0.504 e. The van der Waals surface area contributed by atoms with Crippen LogP contribution in [-0.4, -0.2) is 85.3 Å². The highest BCUT2D eigenvalue weighted by Crippen LogP contribution is 2.66. The molecular formula is C31H36N4O8S. The number of nitriles is 1. The molecule has 4 aliphatic heterocycles. The number of cyclic esters (lactones) is 1. The van der Waals surface area contributed by atoms with E-state index in [0.29, 0.717) is 51.8 Å². The van der Waals surface area contributed by atoms with Crippen LogP contribution in [0.1, 0.15) is 57.6 Å². The van der Waals surface area contributed by atoms with Crippen molar-refractivity contribution in [3.8, 4) is 34.8 Å². The SMILES string of the molecule is COc1c(C)cc2c(c1O)[C@@H]1[C@@H]3SC[C@H](N)C(=O)OC[C@@H](c4c5c(c(C)c(OC(C)=O)c43)OCO5)N1[C@@](C#N)(CN(C)C)C2. The second-order valence-corrected chi connectivity index (χ2v) is 13.2. The molecule has 0 unspecified atom stereocenters. The number of aryl methyl sites for hydroxylation is 1. The van der Waals surface area contributed by atoms with Gasteiger partial charge in [-0.1, -0.05) is 6.07 Å². The van der Waals surface area contributed by atoms with E-state index in [4.69, 9.17) is 29.4 Å². The van der Waals surface area contributed by atoms with Gasteiger partial charge in [-0.25, -0.2) is 0 Å². The molecule has 5 atom stereocenters. The van der Waals surface area contributed by atoms with Crippen LogP contribution >= 0.6 is 11.8 Å². The number of rotatable bonds is 4. The molecule has 0 saturated carbocycles. The molecule has 12 nitrogen and oxygen atoms in total. The van der Waals surface area contributed by atoms with Crippen LogP contribution < -0.4 is 24.7 Å². The molecule has 6 rings (SSSR count). The van der Waals surface area contributed by atoms with Gasteiger partial charge in [-0.3, -0.25) is 14.5 Å². The van der Waals surface area contributed by atoms with Crippen LogP contribution in [0.5, 0.6) is 28.7 Å². The Morgan fingerprint density at radius 3 is 2.61 bits per heavy atom. The third-order valence-corrected chi connectivity index (χ3v) is 10.2. The van der Waals surface area contributed by atoms with Crippen LogP contribution in [-0.2, 0) is 20.7 Å². The third kappa shape index (κ3) is 4.46. The maximum atomic E-state index is 13.0. The Morgan fingerprint density at radius 1 is 1.23 bits per heavy atom. The smallest absolute Gasteiger partial charge is 0.323 e. The first-order valence-electron chi connectivity index (χ1n) is 14.4. The Balaban J connectivity index is 1.76. The summed E-state index contributed by atoms with van der Waals surface area (Å²) in [6, 6.07) is 2.28. The van der Waals surface area contributed by atoms with Crippen LogP contribution in [0.25, 0.3) is 0 Å². The Bertz CT molecular complexity index is 1610. The van der Waals surface area contributed by atoms with E-state index in [1.54, 1.807) is 6.92 Å². The van der Waals surface area contributed by atoms with Crippen molar-refractivity contribution in [1.29, 1.82) is 5.26 Å². The molecule has 3 N–H and O–H groups in total. The number of nitrogens with zero attached hydrogens (tertiary/aromatic N) is 3. The normalized spacial score (nSPS) is 27.1. The number of hydrogen-bond donors (Lipinski definition) is 2. The summed E-state index contributed by atoms with van der Waals surface area (Å²) in [5, 5.41) is 22.4. The van der Waals surface area contributed by atoms with Crippen LogP contribution in [0.15, 0.2) is 6.07 Å². The van der Waals surface area contributed by atoms with Crippen molar-refractivity contribution in [3.05, 3.63) is 39.4 Å². The fraction of sp³-hybridized carbons (Fsp3) is 0.516. The van der Waals surface area contributed by atoms with E-state index in [2.05, 4.69) is 11.0 Å². The van der Waals surface area contributed by atoms with Gasteiger partial charge in [0.15, 0.2) is 23.0 Å². The van der Waals surface area contributed by atoms with Gasteiger partial charge < -0.3 is 39.4 Å². The van der Waals surface area contributed by atoms with E-state index in [-0.39, 0.29) is 31.3 Å². The number of likely N-dealkylation sites (N-methyl/N-ethyl adjacent to an activating group) is 1. The van der Waals surface area contributed by atoms with E-state index in [9.17, 15) is 20.0 Å². The monoisotopic (exact) mass is 624 g/mol. The molecule has 0 aromatic heterocycles. The predicted octanol–water partition coefficient (Wildman–Crippen LogP) is 2.81. The Kier molecular flexibility index (Phi) is 7.60. The second kappa shape index (κ2) is 11.0. The van der Waals surface area contributed by atoms with Gasteiger partial charge in [-0.2, -0.15) is 5.26 Å². The summed E-state index contributed by atoms with van der Waals surface area (Å²) in [6.07, 6.45) is 0.283. The lowest BCUT2D eigenvalue weighted by Gasteiger charge is -2.57. The Morgan fingerprint density at radius 2 is 1.95 bits per heavy atom.